The monoisotopic (exact) mass is 207 g/mol. The Kier molecular flexibility index (Phi) is 4.81. The van der Waals surface area contributed by atoms with Crippen LogP contribution in [0.15, 0.2) is 24.3 Å². The molecule has 0 spiro atoms. The van der Waals surface area contributed by atoms with Crippen molar-refractivity contribution in [1.29, 1.82) is 0 Å². The quantitative estimate of drug-likeness (QED) is 0.408. The molecule has 82 valence electrons. The third-order valence-electron chi connectivity index (χ3n) is 2.40. The van der Waals surface area contributed by atoms with Crippen molar-refractivity contribution < 1.29 is 4.92 Å². The van der Waals surface area contributed by atoms with Gasteiger partial charge in [0.2, 0.25) is 6.54 Å². The Morgan fingerprint density at radius 3 is 2.27 bits per heavy atom. The summed E-state index contributed by atoms with van der Waals surface area (Å²) in [6, 6.07) is 7.69. The van der Waals surface area contributed by atoms with E-state index in [1.165, 1.54) is 24.8 Å². The van der Waals surface area contributed by atoms with Crippen LogP contribution in [0.2, 0.25) is 0 Å². The van der Waals surface area contributed by atoms with Gasteiger partial charge < -0.3 is 0 Å². The maximum Gasteiger partial charge on any atom is 0.228 e. The molecule has 1 rings (SSSR count). The average Bonchev–Trinajstić information content (AvgIpc) is 2.20. The number of nitro groups is 1. The third-order valence-corrected chi connectivity index (χ3v) is 2.40. The molecular weight excluding hydrogens is 190 g/mol. The summed E-state index contributed by atoms with van der Waals surface area (Å²) in [5, 5.41) is 10.3. The molecule has 0 N–H and O–H groups in total. The van der Waals surface area contributed by atoms with Gasteiger partial charge in [0.05, 0.1) is 0 Å². The molecule has 0 radical (unpaired) electrons. The summed E-state index contributed by atoms with van der Waals surface area (Å²) in [5.41, 5.74) is 2.05. The first kappa shape index (κ1) is 11.7. The van der Waals surface area contributed by atoms with Gasteiger partial charge in [0.1, 0.15) is 0 Å². The molecule has 0 aliphatic carbocycles. The second kappa shape index (κ2) is 6.17. The smallest absolute Gasteiger partial charge is 0.228 e. The normalized spacial score (nSPS) is 10.2. The summed E-state index contributed by atoms with van der Waals surface area (Å²) < 4.78 is 0. The summed E-state index contributed by atoms with van der Waals surface area (Å²) in [5.74, 6) is 0. The van der Waals surface area contributed by atoms with Gasteiger partial charge in [-0.15, -0.1) is 0 Å². The van der Waals surface area contributed by atoms with Crippen LogP contribution in [0.25, 0.3) is 0 Å². The van der Waals surface area contributed by atoms with Crippen LogP contribution in [0.4, 0.5) is 0 Å². The zero-order chi connectivity index (χ0) is 11.1. The van der Waals surface area contributed by atoms with Crippen LogP contribution in [-0.2, 0) is 13.0 Å². The minimum Gasteiger partial charge on any atom is -0.264 e. The lowest BCUT2D eigenvalue weighted by atomic mass is 10.1. The van der Waals surface area contributed by atoms with Crippen molar-refractivity contribution in [3.8, 4) is 0 Å². The Hall–Kier alpha value is -1.38. The molecule has 0 heterocycles. The highest BCUT2D eigenvalue weighted by atomic mass is 16.6. The van der Waals surface area contributed by atoms with Gasteiger partial charge in [-0.25, -0.2) is 0 Å². The lowest BCUT2D eigenvalue weighted by Crippen LogP contribution is -1.98. The van der Waals surface area contributed by atoms with E-state index in [4.69, 9.17) is 0 Å². The van der Waals surface area contributed by atoms with E-state index in [9.17, 15) is 10.1 Å². The summed E-state index contributed by atoms with van der Waals surface area (Å²) in [6.45, 7) is 2.11. The maximum absolute atomic E-state index is 10.3. The molecule has 0 saturated carbocycles. The second-order valence-electron chi connectivity index (χ2n) is 3.76. The zero-order valence-corrected chi connectivity index (χ0v) is 9.11. The molecule has 3 heteroatoms. The molecule has 0 unspecified atom stereocenters. The van der Waals surface area contributed by atoms with E-state index in [2.05, 4.69) is 6.92 Å². The highest BCUT2D eigenvalue weighted by Crippen LogP contribution is 2.09. The highest BCUT2D eigenvalue weighted by Gasteiger charge is 2.00. The topological polar surface area (TPSA) is 43.1 Å². The number of aryl methyl sites for hydroxylation is 1. The Morgan fingerprint density at radius 1 is 1.13 bits per heavy atom. The van der Waals surface area contributed by atoms with Gasteiger partial charge in [0, 0.05) is 10.5 Å². The van der Waals surface area contributed by atoms with E-state index in [1.807, 2.05) is 24.3 Å². The van der Waals surface area contributed by atoms with Gasteiger partial charge in [-0.3, -0.25) is 10.1 Å². The van der Waals surface area contributed by atoms with E-state index >= 15 is 0 Å². The summed E-state index contributed by atoms with van der Waals surface area (Å²) in [6.07, 6.45) is 4.74. The molecule has 15 heavy (non-hydrogen) atoms. The van der Waals surface area contributed by atoms with E-state index in [0.717, 1.165) is 12.0 Å². The lowest BCUT2D eigenvalue weighted by Gasteiger charge is -2.01. The SMILES string of the molecule is CCCCCc1ccc(C[N+](=O)[O-])cc1. The minimum atomic E-state index is -0.300. The van der Waals surface area contributed by atoms with Crippen LogP contribution in [0.1, 0.15) is 37.3 Å². The van der Waals surface area contributed by atoms with Gasteiger partial charge in [-0.2, -0.15) is 0 Å². The fourth-order valence-electron chi connectivity index (χ4n) is 1.54. The van der Waals surface area contributed by atoms with Crippen LogP contribution in [0, 0.1) is 10.1 Å². The number of nitrogens with zero attached hydrogens (tertiary/aromatic N) is 1. The molecule has 1 aromatic carbocycles. The van der Waals surface area contributed by atoms with Crippen LogP contribution in [-0.4, -0.2) is 4.92 Å². The number of rotatable bonds is 6. The van der Waals surface area contributed by atoms with E-state index < -0.39 is 0 Å². The van der Waals surface area contributed by atoms with Crippen molar-refractivity contribution in [2.45, 2.75) is 39.2 Å². The van der Waals surface area contributed by atoms with Gasteiger partial charge >= 0.3 is 0 Å². The van der Waals surface area contributed by atoms with Gasteiger partial charge in [-0.1, -0.05) is 44.0 Å². The van der Waals surface area contributed by atoms with E-state index in [0.29, 0.717) is 0 Å². The largest absolute Gasteiger partial charge is 0.264 e. The molecule has 0 aliphatic rings. The van der Waals surface area contributed by atoms with Crippen molar-refractivity contribution in [2.75, 3.05) is 0 Å². The zero-order valence-electron chi connectivity index (χ0n) is 9.11. The number of hydrogen-bond donors (Lipinski definition) is 0. The first-order valence-corrected chi connectivity index (χ1v) is 5.42. The minimum absolute atomic E-state index is 0.0742. The Balaban J connectivity index is 2.45. The third kappa shape index (κ3) is 4.58. The van der Waals surface area contributed by atoms with Crippen molar-refractivity contribution >= 4 is 0 Å². The van der Waals surface area contributed by atoms with E-state index in [-0.39, 0.29) is 11.5 Å². The van der Waals surface area contributed by atoms with Crippen molar-refractivity contribution in [3.63, 3.8) is 0 Å². The predicted molar refractivity (Wildman–Crippen MR) is 60.4 cm³/mol. The first-order chi connectivity index (χ1) is 7.22. The average molecular weight is 207 g/mol. The fraction of sp³-hybridized carbons (Fsp3) is 0.500. The van der Waals surface area contributed by atoms with Gasteiger partial charge in [0.15, 0.2) is 0 Å². The maximum atomic E-state index is 10.3. The van der Waals surface area contributed by atoms with Crippen LogP contribution in [0.3, 0.4) is 0 Å². The molecular formula is C12H17NO2. The lowest BCUT2D eigenvalue weighted by molar-refractivity contribution is -0.496. The number of hydrogen-bond acceptors (Lipinski definition) is 2. The summed E-state index contributed by atoms with van der Waals surface area (Å²) >= 11 is 0. The molecule has 3 nitrogen and oxygen atoms in total. The Bertz CT molecular complexity index is 306. The van der Waals surface area contributed by atoms with Gasteiger partial charge in [-0.05, 0) is 18.4 Å². The molecule has 0 saturated heterocycles. The molecule has 0 aromatic heterocycles. The first-order valence-electron chi connectivity index (χ1n) is 5.42. The number of unbranched alkanes of at least 4 members (excludes halogenated alkanes) is 2. The molecule has 0 bridgehead atoms. The van der Waals surface area contributed by atoms with Crippen molar-refractivity contribution in [2.24, 2.45) is 0 Å². The van der Waals surface area contributed by atoms with Crippen molar-refractivity contribution in [1.82, 2.24) is 0 Å². The Morgan fingerprint density at radius 2 is 1.73 bits per heavy atom. The second-order valence-corrected chi connectivity index (χ2v) is 3.76. The van der Waals surface area contributed by atoms with Crippen LogP contribution < -0.4 is 0 Å². The van der Waals surface area contributed by atoms with Crippen LogP contribution in [0.5, 0.6) is 0 Å². The molecule has 0 fully saturated rings. The highest BCUT2D eigenvalue weighted by molar-refractivity contribution is 5.21. The Labute approximate surface area is 90.3 Å². The molecule has 0 atom stereocenters. The fourth-order valence-corrected chi connectivity index (χ4v) is 1.54. The number of benzene rings is 1. The molecule has 0 aliphatic heterocycles. The van der Waals surface area contributed by atoms with Gasteiger partial charge in [0.25, 0.3) is 0 Å². The summed E-state index contributed by atoms with van der Waals surface area (Å²) in [4.78, 5) is 9.97. The predicted octanol–water partition coefficient (Wildman–Crippen LogP) is 3.20. The molecule has 0 amide bonds. The standard InChI is InChI=1S/C12H17NO2/c1-2-3-4-5-11-6-8-12(9-7-11)10-13(14)15/h6-9H,2-5,10H2,1H3. The van der Waals surface area contributed by atoms with E-state index in [1.54, 1.807) is 0 Å². The van der Waals surface area contributed by atoms with Crippen LogP contribution >= 0.6 is 0 Å². The summed E-state index contributed by atoms with van der Waals surface area (Å²) in [7, 11) is 0. The molecule has 1 aromatic rings. The van der Waals surface area contributed by atoms with Crippen molar-refractivity contribution in [3.05, 3.63) is 45.5 Å².